The van der Waals surface area contributed by atoms with E-state index in [0.29, 0.717) is 24.4 Å². The van der Waals surface area contributed by atoms with Crippen LogP contribution in [0.4, 0.5) is 4.79 Å². The van der Waals surface area contributed by atoms with E-state index in [9.17, 15) is 4.79 Å². The molecule has 1 aliphatic heterocycles. The lowest BCUT2D eigenvalue weighted by atomic mass is 10.3. The molecule has 102 valence electrons. The monoisotopic (exact) mass is 270 g/mol. The Morgan fingerprint density at radius 3 is 2.56 bits per heavy atom. The molecule has 1 amide bonds. The Labute approximate surface area is 109 Å². The van der Waals surface area contributed by atoms with E-state index in [1.54, 1.807) is 11.1 Å². The maximum Gasteiger partial charge on any atom is 0.409 e. The lowest BCUT2D eigenvalue weighted by Crippen LogP contribution is -2.33. The van der Waals surface area contributed by atoms with Crippen LogP contribution in [0.5, 0.6) is 0 Å². The highest BCUT2D eigenvalue weighted by molar-refractivity contribution is 6.76. The van der Waals surface area contributed by atoms with Gasteiger partial charge in [-0.1, -0.05) is 19.6 Å². The number of nitrogens with zero attached hydrogens (tertiary/aromatic N) is 2. The molecule has 1 saturated heterocycles. The summed E-state index contributed by atoms with van der Waals surface area (Å²) in [5.41, 5.74) is 0. The Hall–Kier alpha value is -1.04. The summed E-state index contributed by atoms with van der Waals surface area (Å²) >= 11 is 0. The fraction of sp³-hybridized carbons (Fsp3) is 0.833. The Kier molecular flexibility index (Phi) is 3.65. The zero-order chi connectivity index (χ0) is 13.3. The largest absolute Gasteiger partial charge is 0.450 e. The molecule has 1 unspecified atom stereocenters. The molecule has 0 spiro atoms. The summed E-state index contributed by atoms with van der Waals surface area (Å²) in [6.45, 7) is 8.84. The molecule has 2 fully saturated rings. The van der Waals surface area contributed by atoms with Crippen LogP contribution < -0.4 is 0 Å². The second kappa shape index (κ2) is 4.91. The molecule has 0 aromatic carbocycles. The van der Waals surface area contributed by atoms with Crippen LogP contribution in [0, 0.1) is 17.8 Å². The highest BCUT2D eigenvalue weighted by Gasteiger charge is 2.56. The molecule has 1 saturated carbocycles. The number of fused-ring (bicyclic) bond motifs is 1. The normalized spacial score (nSPS) is 30.6. The van der Waals surface area contributed by atoms with Crippen molar-refractivity contribution in [1.82, 2.24) is 4.90 Å². The molecule has 1 heterocycles. The second-order valence-electron chi connectivity index (χ2n) is 6.50. The van der Waals surface area contributed by atoms with Crippen LogP contribution in [0.25, 0.3) is 0 Å². The number of hydrogen-bond acceptors (Lipinski definition) is 4. The molecule has 18 heavy (non-hydrogen) atoms. The van der Waals surface area contributed by atoms with Crippen LogP contribution in [0.2, 0.25) is 25.7 Å². The van der Waals surface area contributed by atoms with Crippen molar-refractivity contribution < 1.29 is 14.7 Å². The number of piperidine rings is 1. The van der Waals surface area contributed by atoms with E-state index in [2.05, 4.69) is 24.8 Å². The summed E-state index contributed by atoms with van der Waals surface area (Å²) in [7, 11) is -1.13. The van der Waals surface area contributed by atoms with E-state index in [4.69, 9.17) is 9.94 Å². The molecule has 2 aliphatic rings. The maximum absolute atomic E-state index is 11.8. The quantitative estimate of drug-likeness (QED) is 0.368. The van der Waals surface area contributed by atoms with Gasteiger partial charge < -0.3 is 14.8 Å². The maximum atomic E-state index is 11.8. The van der Waals surface area contributed by atoms with Gasteiger partial charge in [-0.2, -0.15) is 0 Å². The molecule has 0 aromatic rings. The summed E-state index contributed by atoms with van der Waals surface area (Å²) < 4.78 is 5.30. The number of carbonyl (C=O) groups excluding carboxylic acids is 1. The van der Waals surface area contributed by atoms with Gasteiger partial charge in [-0.3, -0.25) is 0 Å². The molecular weight excluding hydrogens is 248 g/mol. The smallest absolute Gasteiger partial charge is 0.409 e. The minimum absolute atomic E-state index is 0.180. The van der Waals surface area contributed by atoms with Crippen LogP contribution in [0.1, 0.15) is 0 Å². The number of carbonyl (C=O) groups is 1. The van der Waals surface area contributed by atoms with E-state index < -0.39 is 8.07 Å². The van der Waals surface area contributed by atoms with E-state index in [1.807, 2.05) is 0 Å². The number of rotatable bonds is 4. The van der Waals surface area contributed by atoms with Gasteiger partial charge in [-0.25, -0.2) is 4.79 Å². The van der Waals surface area contributed by atoms with Crippen molar-refractivity contribution in [2.24, 2.45) is 22.9 Å². The van der Waals surface area contributed by atoms with Crippen LogP contribution in [-0.2, 0) is 4.74 Å². The number of hydrogen-bond donors (Lipinski definition) is 1. The molecule has 1 N–H and O–H groups in total. The van der Waals surface area contributed by atoms with Crippen molar-refractivity contribution in [2.75, 3.05) is 19.7 Å². The molecule has 3 atom stereocenters. The predicted molar refractivity (Wildman–Crippen MR) is 71.8 cm³/mol. The Morgan fingerprint density at radius 1 is 1.44 bits per heavy atom. The molecule has 0 bridgehead atoms. The summed E-state index contributed by atoms with van der Waals surface area (Å²) in [5, 5.41) is 11.5. The van der Waals surface area contributed by atoms with Gasteiger partial charge in [0, 0.05) is 33.3 Å². The highest BCUT2D eigenvalue weighted by Crippen LogP contribution is 2.50. The van der Waals surface area contributed by atoms with Gasteiger partial charge >= 0.3 is 6.09 Å². The summed E-state index contributed by atoms with van der Waals surface area (Å²) in [6.07, 6.45) is 1.41. The first-order chi connectivity index (χ1) is 8.42. The van der Waals surface area contributed by atoms with Crippen molar-refractivity contribution >= 4 is 20.4 Å². The Bertz CT molecular complexity index is 342. The minimum Gasteiger partial charge on any atom is -0.450 e. The first-order valence-corrected chi connectivity index (χ1v) is 10.2. The third-order valence-corrected chi connectivity index (χ3v) is 5.54. The second-order valence-corrected chi connectivity index (χ2v) is 12.1. The average molecular weight is 270 g/mol. The first kappa shape index (κ1) is 13.4. The molecular formula is C12H22N2O3Si. The van der Waals surface area contributed by atoms with Crippen molar-refractivity contribution in [3.63, 3.8) is 0 Å². The van der Waals surface area contributed by atoms with Gasteiger partial charge in [0.05, 0.1) is 6.61 Å². The summed E-state index contributed by atoms with van der Waals surface area (Å²) in [4.78, 5) is 13.6. The zero-order valence-electron chi connectivity index (χ0n) is 11.3. The molecule has 0 radical (unpaired) electrons. The lowest BCUT2D eigenvalue weighted by Gasteiger charge is -2.20. The number of oxime groups is 1. The van der Waals surface area contributed by atoms with Crippen molar-refractivity contribution in [3.8, 4) is 0 Å². The van der Waals surface area contributed by atoms with Crippen molar-refractivity contribution in [1.29, 1.82) is 0 Å². The van der Waals surface area contributed by atoms with Gasteiger partial charge in [-0.05, 0) is 17.9 Å². The fourth-order valence-electron chi connectivity index (χ4n) is 2.56. The Morgan fingerprint density at radius 2 is 2.06 bits per heavy atom. The Balaban J connectivity index is 1.68. The molecule has 0 aromatic heterocycles. The fourth-order valence-corrected chi connectivity index (χ4v) is 3.27. The highest BCUT2D eigenvalue weighted by atomic mass is 28.3. The van der Waals surface area contributed by atoms with Crippen LogP contribution in [0.3, 0.4) is 0 Å². The molecule has 5 nitrogen and oxygen atoms in total. The van der Waals surface area contributed by atoms with Gasteiger partial charge in [0.15, 0.2) is 0 Å². The molecule has 6 heteroatoms. The van der Waals surface area contributed by atoms with E-state index in [-0.39, 0.29) is 6.09 Å². The molecule has 2 rings (SSSR count). The van der Waals surface area contributed by atoms with Crippen LogP contribution in [-0.4, -0.2) is 50.2 Å². The van der Waals surface area contributed by atoms with E-state index in [1.165, 1.54) is 0 Å². The van der Waals surface area contributed by atoms with Crippen LogP contribution >= 0.6 is 0 Å². The standard InChI is InChI=1S/C12H22N2O3Si/c1-18(2,3)5-4-17-12(15)14-7-10-9(6-13-16)11(10)8-14/h6,9-11,16H,4-5,7-8H2,1-3H3/b13-6+/t9?,10-,11+. The first-order valence-electron chi connectivity index (χ1n) is 6.51. The van der Waals surface area contributed by atoms with Crippen LogP contribution in [0.15, 0.2) is 5.16 Å². The van der Waals surface area contributed by atoms with E-state index >= 15 is 0 Å². The van der Waals surface area contributed by atoms with Crippen molar-refractivity contribution in [3.05, 3.63) is 0 Å². The number of likely N-dealkylation sites (tertiary alicyclic amines) is 1. The summed E-state index contributed by atoms with van der Waals surface area (Å²) in [6, 6.07) is 1.01. The topological polar surface area (TPSA) is 62.1 Å². The number of amides is 1. The number of ether oxygens (including phenoxy) is 1. The van der Waals surface area contributed by atoms with E-state index in [0.717, 1.165) is 19.1 Å². The SMILES string of the molecule is C[Si](C)(C)CCOC(=O)N1C[C@@H]2C(/C=N/O)[C@@H]2C1. The third-order valence-electron chi connectivity index (χ3n) is 3.83. The molecule has 1 aliphatic carbocycles. The van der Waals surface area contributed by atoms with Gasteiger partial charge in [0.2, 0.25) is 0 Å². The summed E-state index contributed by atoms with van der Waals surface area (Å²) in [5.74, 6) is 1.32. The zero-order valence-corrected chi connectivity index (χ0v) is 12.3. The average Bonchev–Trinajstić information content (AvgIpc) is 2.73. The van der Waals surface area contributed by atoms with Gasteiger partial charge in [-0.15, -0.1) is 5.16 Å². The predicted octanol–water partition coefficient (Wildman–Crippen LogP) is 2.10. The third kappa shape index (κ3) is 3.04. The van der Waals surface area contributed by atoms with Gasteiger partial charge in [0.1, 0.15) is 0 Å². The van der Waals surface area contributed by atoms with Crippen molar-refractivity contribution in [2.45, 2.75) is 25.7 Å². The minimum atomic E-state index is -1.13. The lowest BCUT2D eigenvalue weighted by molar-refractivity contribution is 0.110. The van der Waals surface area contributed by atoms with Gasteiger partial charge in [0.25, 0.3) is 0 Å².